The molecule has 0 fully saturated rings. The number of aryl methyl sites for hydroxylation is 1. The highest BCUT2D eigenvalue weighted by molar-refractivity contribution is 7.16. The summed E-state index contributed by atoms with van der Waals surface area (Å²) in [5.74, 6) is 1.56. The van der Waals surface area contributed by atoms with Gasteiger partial charge in [0.1, 0.15) is 10.6 Å². The van der Waals surface area contributed by atoms with Crippen LogP contribution in [0, 0.1) is 0 Å². The Balaban J connectivity index is 1.66. The molecule has 3 aromatic rings. The summed E-state index contributed by atoms with van der Waals surface area (Å²) < 4.78 is 1.83. The first kappa shape index (κ1) is 13.7. The van der Waals surface area contributed by atoms with E-state index in [0.717, 1.165) is 42.1 Å². The quantitative estimate of drug-likeness (QED) is 0.651. The highest BCUT2D eigenvalue weighted by Crippen LogP contribution is 2.26. The van der Waals surface area contributed by atoms with Crippen LogP contribution in [0.15, 0.2) is 23.8 Å². The lowest BCUT2D eigenvalue weighted by molar-refractivity contribution is 0.569. The minimum Gasteiger partial charge on any atom is -0.369 e. The molecule has 2 N–H and O–H groups in total. The number of aromatic nitrogens is 5. The van der Waals surface area contributed by atoms with E-state index in [1.54, 1.807) is 17.5 Å². The van der Waals surface area contributed by atoms with Crippen molar-refractivity contribution in [3.63, 3.8) is 0 Å². The van der Waals surface area contributed by atoms with Gasteiger partial charge in [0.25, 0.3) is 0 Å². The first-order chi connectivity index (χ1) is 10.4. The summed E-state index contributed by atoms with van der Waals surface area (Å²) in [5, 5.41) is 17.4. The normalized spacial score (nSPS) is 10.9. The molecule has 0 bridgehead atoms. The van der Waals surface area contributed by atoms with Gasteiger partial charge in [0, 0.05) is 25.8 Å². The summed E-state index contributed by atoms with van der Waals surface area (Å²) in [7, 11) is 0. The van der Waals surface area contributed by atoms with Gasteiger partial charge in [-0.05, 0) is 24.8 Å². The summed E-state index contributed by atoms with van der Waals surface area (Å²) in [6.45, 7) is 4.51. The molecule has 0 aliphatic heterocycles. The number of hydrogen-bond donors (Lipinski definition) is 2. The molecule has 0 aliphatic carbocycles. The van der Waals surface area contributed by atoms with Crippen LogP contribution in [-0.4, -0.2) is 38.1 Å². The summed E-state index contributed by atoms with van der Waals surface area (Å²) in [5.41, 5.74) is 0. The number of fused-ring (bicyclic) bond motifs is 1. The van der Waals surface area contributed by atoms with Crippen LogP contribution in [0.3, 0.4) is 0 Å². The second-order valence-corrected chi connectivity index (χ2v) is 5.41. The molecule has 3 rings (SSSR count). The predicted octanol–water partition coefficient (Wildman–Crippen LogP) is 2.22. The second-order valence-electron chi connectivity index (χ2n) is 4.51. The maximum Gasteiger partial charge on any atom is 0.226 e. The van der Waals surface area contributed by atoms with Gasteiger partial charge in [0.05, 0.1) is 11.6 Å². The van der Waals surface area contributed by atoms with E-state index in [9.17, 15) is 0 Å². The van der Waals surface area contributed by atoms with Gasteiger partial charge in [0.2, 0.25) is 5.95 Å². The van der Waals surface area contributed by atoms with E-state index >= 15 is 0 Å². The van der Waals surface area contributed by atoms with Crippen molar-refractivity contribution in [3.05, 3.63) is 23.8 Å². The first-order valence-electron chi connectivity index (χ1n) is 6.94. The molecular formula is C13H17N7S. The molecule has 0 radical (unpaired) electrons. The summed E-state index contributed by atoms with van der Waals surface area (Å²) in [6, 6.07) is 2.05. The zero-order valence-corrected chi connectivity index (χ0v) is 12.6. The zero-order chi connectivity index (χ0) is 14.5. The number of anilines is 2. The molecule has 0 saturated carbocycles. The van der Waals surface area contributed by atoms with Gasteiger partial charge in [-0.1, -0.05) is 5.21 Å². The third-order valence-electron chi connectivity index (χ3n) is 2.99. The average Bonchev–Trinajstić information content (AvgIpc) is 3.14. The van der Waals surface area contributed by atoms with E-state index in [1.807, 2.05) is 23.2 Å². The number of nitrogens with one attached hydrogen (secondary N) is 2. The topological polar surface area (TPSA) is 80.5 Å². The van der Waals surface area contributed by atoms with Crippen molar-refractivity contribution < 1.29 is 0 Å². The molecule has 0 atom stereocenters. The SMILES string of the molecule is CCNc1nc(NCCCn2ccnn2)c2ccsc2n1. The van der Waals surface area contributed by atoms with Gasteiger partial charge < -0.3 is 10.6 Å². The molecule has 3 aromatic heterocycles. The lowest BCUT2D eigenvalue weighted by Crippen LogP contribution is -2.10. The Hall–Kier alpha value is -2.22. The minimum atomic E-state index is 0.672. The van der Waals surface area contributed by atoms with Gasteiger partial charge in [-0.25, -0.2) is 4.98 Å². The van der Waals surface area contributed by atoms with Crippen molar-refractivity contribution in [2.24, 2.45) is 0 Å². The Kier molecular flexibility index (Phi) is 4.25. The summed E-state index contributed by atoms with van der Waals surface area (Å²) in [4.78, 5) is 10.0. The van der Waals surface area contributed by atoms with E-state index in [0.29, 0.717) is 5.95 Å². The molecular weight excluding hydrogens is 286 g/mol. The first-order valence-corrected chi connectivity index (χ1v) is 7.82. The van der Waals surface area contributed by atoms with Crippen LogP contribution < -0.4 is 10.6 Å². The summed E-state index contributed by atoms with van der Waals surface area (Å²) >= 11 is 1.63. The van der Waals surface area contributed by atoms with Crippen molar-refractivity contribution in [1.29, 1.82) is 0 Å². The van der Waals surface area contributed by atoms with Crippen LogP contribution in [0.25, 0.3) is 10.2 Å². The molecule has 7 nitrogen and oxygen atoms in total. The van der Waals surface area contributed by atoms with Crippen LogP contribution in [0.4, 0.5) is 11.8 Å². The smallest absolute Gasteiger partial charge is 0.226 e. The molecule has 0 aromatic carbocycles. The van der Waals surface area contributed by atoms with Crippen molar-refractivity contribution in [3.8, 4) is 0 Å². The van der Waals surface area contributed by atoms with Crippen LogP contribution in [-0.2, 0) is 6.54 Å². The van der Waals surface area contributed by atoms with Crippen molar-refractivity contribution >= 4 is 33.3 Å². The maximum absolute atomic E-state index is 4.54. The Morgan fingerprint density at radius 3 is 3.05 bits per heavy atom. The Labute approximate surface area is 126 Å². The van der Waals surface area contributed by atoms with E-state index in [1.165, 1.54) is 0 Å². The fourth-order valence-corrected chi connectivity index (χ4v) is 2.79. The fraction of sp³-hybridized carbons (Fsp3) is 0.385. The Morgan fingerprint density at radius 2 is 2.24 bits per heavy atom. The third kappa shape index (κ3) is 3.27. The number of nitrogens with zero attached hydrogens (tertiary/aromatic N) is 5. The number of thiophene rings is 1. The van der Waals surface area contributed by atoms with Crippen LogP contribution in [0.2, 0.25) is 0 Å². The third-order valence-corrected chi connectivity index (χ3v) is 3.79. The molecule has 0 spiro atoms. The lowest BCUT2D eigenvalue weighted by atomic mass is 10.3. The molecule has 110 valence electrons. The van der Waals surface area contributed by atoms with Crippen molar-refractivity contribution in [2.45, 2.75) is 19.9 Å². The van der Waals surface area contributed by atoms with Crippen LogP contribution in [0.5, 0.6) is 0 Å². The van der Waals surface area contributed by atoms with E-state index in [2.05, 4.69) is 37.0 Å². The van der Waals surface area contributed by atoms with Gasteiger partial charge in [0.15, 0.2) is 0 Å². The monoisotopic (exact) mass is 303 g/mol. The van der Waals surface area contributed by atoms with E-state index < -0.39 is 0 Å². The molecule has 0 saturated heterocycles. The van der Waals surface area contributed by atoms with E-state index in [4.69, 9.17) is 0 Å². The highest BCUT2D eigenvalue weighted by atomic mass is 32.1. The minimum absolute atomic E-state index is 0.672. The second kappa shape index (κ2) is 6.49. The van der Waals surface area contributed by atoms with Gasteiger partial charge in [-0.2, -0.15) is 4.98 Å². The highest BCUT2D eigenvalue weighted by Gasteiger charge is 2.08. The van der Waals surface area contributed by atoms with E-state index in [-0.39, 0.29) is 0 Å². The van der Waals surface area contributed by atoms with Crippen LogP contribution in [0.1, 0.15) is 13.3 Å². The van der Waals surface area contributed by atoms with Crippen molar-refractivity contribution in [1.82, 2.24) is 25.0 Å². The fourth-order valence-electron chi connectivity index (χ4n) is 2.03. The Bertz CT molecular complexity index is 692. The maximum atomic E-state index is 4.54. The van der Waals surface area contributed by atoms with Crippen molar-refractivity contribution in [2.75, 3.05) is 23.7 Å². The molecule has 21 heavy (non-hydrogen) atoms. The predicted molar refractivity (Wildman–Crippen MR) is 84.7 cm³/mol. The zero-order valence-electron chi connectivity index (χ0n) is 11.8. The number of rotatable bonds is 7. The van der Waals surface area contributed by atoms with Gasteiger partial charge in [-0.3, -0.25) is 4.68 Å². The van der Waals surface area contributed by atoms with Gasteiger partial charge >= 0.3 is 0 Å². The number of hydrogen-bond acceptors (Lipinski definition) is 7. The molecule has 8 heteroatoms. The molecule has 0 aliphatic rings. The average molecular weight is 303 g/mol. The molecule has 0 amide bonds. The Morgan fingerprint density at radius 1 is 1.29 bits per heavy atom. The standard InChI is InChI=1S/C13H17N7S/c1-2-14-13-17-11(10-4-9-21-12(10)18-13)15-5-3-7-20-8-6-16-19-20/h4,6,8-9H,2-3,5,7H2,1H3,(H2,14,15,17,18). The summed E-state index contributed by atoms with van der Waals surface area (Å²) in [6.07, 6.45) is 4.51. The van der Waals surface area contributed by atoms with Crippen LogP contribution >= 0.6 is 11.3 Å². The largest absolute Gasteiger partial charge is 0.369 e. The lowest BCUT2D eigenvalue weighted by Gasteiger charge is -2.09. The van der Waals surface area contributed by atoms with Gasteiger partial charge in [-0.15, -0.1) is 16.4 Å². The molecule has 3 heterocycles. The molecule has 0 unspecified atom stereocenters.